The van der Waals surface area contributed by atoms with Crippen LogP contribution in [0.5, 0.6) is 0 Å². The number of amides is 1. The summed E-state index contributed by atoms with van der Waals surface area (Å²) >= 11 is 7.69. The van der Waals surface area contributed by atoms with Crippen molar-refractivity contribution in [1.82, 2.24) is 0 Å². The normalized spacial score (nSPS) is 10.7. The van der Waals surface area contributed by atoms with Gasteiger partial charge in [-0.25, -0.2) is 4.79 Å². The molecule has 0 fully saturated rings. The molecule has 134 valence electrons. The van der Waals surface area contributed by atoms with Crippen LogP contribution in [-0.4, -0.2) is 24.7 Å². The molecule has 0 aliphatic heterocycles. The van der Waals surface area contributed by atoms with Gasteiger partial charge in [-0.2, -0.15) is 0 Å². The maximum Gasteiger partial charge on any atom is 0.375 e. The molecule has 0 atom stereocenters. The first-order chi connectivity index (χ1) is 12.5. The Kier molecular flexibility index (Phi) is 5.54. The number of thioether (sulfide) groups is 1. The molecule has 1 amide bonds. The van der Waals surface area contributed by atoms with E-state index in [2.05, 4.69) is 5.32 Å². The van der Waals surface area contributed by atoms with Gasteiger partial charge in [0, 0.05) is 21.5 Å². The number of aryl methyl sites for hydroxylation is 1. The maximum atomic E-state index is 12.2. The Morgan fingerprint density at radius 1 is 1.19 bits per heavy atom. The number of ether oxygens (including phenoxy) is 1. The minimum atomic E-state index is -0.706. The lowest BCUT2D eigenvalue weighted by Crippen LogP contribution is -2.21. The van der Waals surface area contributed by atoms with Crippen molar-refractivity contribution < 1.29 is 18.7 Å². The standard InChI is InChI=1S/C19H16ClNO4S/c1-11-14-4-3-5-15(20)18(14)25-17(11)19(23)24-10-16(22)21-12-6-8-13(26-2)9-7-12/h3-9H,10H2,1-2H3,(H,21,22). The van der Waals surface area contributed by atoms with Gasteiger partial charge >= 0.3 is 5.97 Å². The first-order valence-electron chi connectivity index (χ1n) is 7.78. The number of para-hydroxylation sites is 1. The van der Waals surface area contributed by atoms with Gasteiger partial charge in [0.05, 0.1) is 5.02 Å². The minimum absolute atomic E-state index is 0.0465. The van der Waals surface area contributed by atoms with Gasteiger partial charge in [-0.3, -0.25) is 4.79 Å². The first-order valence-corrected chi connectivity index (χ1v) is 9.38. The molecule has 3 rings (SSSR count). The molecule has 0 bridgehead atoms. The van der Waals surface area contributed by atoms with Crippen molar-refractivity contribution in [3.63, 3.8) is 0 Å². The van der Waals surface area contributed by atoms with Gasteiger partial charge < -0.3 is 14.5 Å². The third kappa shape index (κ3) is 3.86. The number of anilines is 1. The van der Waals surface area contributed by atoms with Crippen molar-refractivity contribution in [3.05, 3.63) is 58.8 Å². The Hall–Kier alpha value is -2.44. The molecule has 7 heteroatoms. The number of hydrogen-bond donors (Lipinski definition) is 1. The molecule has 1 N–H and O–H groups in total. The summed E-state index contributed by atoms with van der Waals surface area (Å²) in [6.07, 6.45) is 1.97. The predicted molar refractivity (Wildman–Crippen MR) is 103 cm³/mol. The number of rotatable bonds is 5. The van der Waals surface area contributed by atoms with Crippen molar-refractivity contribution in [3.8, 4) is 0 Å². The summed E-state index contributed by atoms with van der Waals surface area (Å²) in [7, 11) is 0. The van der Waals surface area contributed by atoms with E-state index in [0.717, 1.165) is 10.3 Å². The number of furan rings is 1. The monoisotopic (exact) mass is 389 g/mol. The highest BCUT2D eigenvalue weighted by molar-refractivity contribution is 7.98. The van der Waals surface area contributed by atoms with Gasteiger partial charge in [-0.1, -0.05) is 23.7 Å². The Morgan fingerprint density at radius 3 is 2.58 bits per heavy atom. The summed E-state index contributed by atoms with van der Waals surface area (Å²) in [6, 6.07) is 12.6. The Morgan fingerprint density at radius 2 is 1.92 bits per heavy atom. The number of hydrogen-bond acceptors (Lipinski definition) is 5. The SMILES string of the molecule is CSc1ccc(NC(=O)COC(=O)c2oc3c(Cl)cccc3c2C)cc1. The number of esters is 1. The number of nitrogens with one attached hydrogen (secondary N) is 1. The van der Waals surface area contributed by atoms with Gasteiger partial charge in [0.1, 0.15) is 0 Å². The molecular weight excluding hydrogens is 374 g/mol. The summed E-state index contributed by atoms with van der Waals surface area (Å²) in [4.78, 5) is 25.3. The number of benzene rings is 2. The average molecular weight is 390 g/mol. The zero-order valence-electron chi connectivity index (χ0n) is 14.2. The van der Waals surface area contributed by atoms with Crippen LogP contribution in [0.25, 0.3) is 11.0 Å². The minimum Gasteiger partial charge on any atom is -0.450 e. The first kappa shape index (κ1) is 18.4. The maximum absolute atomic E-state index is 12.2. The third-order valence-electron chi connectivity index (χ3n) is 3.81. The fourth-order valence-electron chi connectivity index (χ4n) is 2.47. The number of carbonyl (C=O) groups excluding carboxylic acids is 2. The van der Waals surface area contributed by atoms with E-state index in [1.54, 1.807) is 43.0 Å². The van der Waals surface area contributed by atoms with Crippen LogP contribution in [-0.2, 0) is 9.53 Å². The molecule has 0 spiro atoms. The highest BCUT2D eigenvalue weighted by Crippen LogP contribution is 2.31. The lowest BCUT2D eigenvalue weighted by Gasteiger charge is -2.06. The van der Waals surface area contributed by atoms with Crippen LogP contribution in [0.3, 0.4) is 0 Å². The summed E-state index contributed by atoms with van der Waals surface area (Å²) in [5, 5.41) is 3.82. The second-order valence-corrected chi connectivity index (χ2v) is 6.81. The van der Waals surface area contributed by atoms with E-state index in [0.29, 0.717) is 21.9 Å². The lowest BCUT2D eigenvalue weighted by molar-refractivity contribution is -0.119. The van der Waals surface area contributed by atoms with Crippen molar-refractivity contribution in [2.24, 2.45) is 0 Å². The van der Waals surface area contributed by atoms with Crippen molar-refractivity contribution >= 4 is 51.9 Å². The molecule has 0 saturated heterocycles. The molecule has 0 radical (unpaired) electrons. The molecule has 26 heavy (non-hydrogen) atoms. The Labute approximate surface area is 159 Å². The smallest absolute Gasteiger partial charge is 0.375 e. The van der Waals surface area contributed by atoms with Crippen LogP contribution >= 0.6 is 23.4 Å². The van der Waals surface area contributed by atoms with Gasteiger partial charge in [0.25, 0.3) is 5.91 Å². The number of fused-ring (bicyclic) bond motifs is 1. The quantitative estimate of drug-likeness (QED) is 0.496. The van der Waals surface area contributed by atoms with Gasteiger partial charge in [-0.05, 0) is 43.5 Å². The zero-order chi connectivity index (χ0) is 18.7. The van der Waals surface area contributed by atoms with E-state index in [9.17, 15) is 9.59 Å². The third-order valence-corrected chi connectivity index (χ3v) is 4.85. The van der Waals surface area contributed by atoms with E-state index in [-0.39, 0.29) is 5.76 Å². The Balaban J connectivity index is 1.64. The van der Waals surface area contributed by atoms with Gasteiger partial charge in [0.2, 0.25) is 5.76 Å². The van der Waals surface area contributed by atoms with E-state index >= 15 is 0 Å². The molecule has 0 saturated carbocycles. The summed E-state index contributed by atoms with van der Waals surface area (Å²) in [5.74, 6) is -1.09. The molecule has 0 aliphatic carbocycles. The molecule has 1 aromatic heterocycles. The molecule has 0 unspecified atom stereocenters. The largest absolute Gasteiger partial charge is 0.450 e. The van der Waals surface area contributed by atoms with Crippen molar-refractivity contribution in [1.29, 1.82) is 0 Å². The van der Waals surface area contributed by atoms with E-state index in [1.807, 2.05) is 24.5 Å². The van der Waals surface area contributed by atoms with Crippen LogP contribution < -0.4 is 5.32 Å². The average Bonchev–Trinajstić information content (AvgIpc) is 2.99. The highest BCUT2D eigenvalue weighted by atomic mass is 35.5. The summed E-state index contributed by atoms with van der Waals surface area (Å²) < 4.78 is 10.6. The summed E-state index contributed by atoms with van der Waals surface area (Å²) in [6.45, 7) is 1.33. The van der Waals surface area contributed by atoms with Crippen LogP contribution in [0, 0.1) is 6.92 Å². The Bertz CT molecular complexity index is 966. The van der Waals surface area contributed by atoms with Crippen molar-refractivity contribution in [2.75, 3.05) is 18.2 Å². The molecule has 0 aliphatic rings. The van der Waals surface area contributed by atoms with Crippen molar-refractivity contribution in [2.45, 2.75) is 11.8 Å². The van der Waals surface area contributed by atoms with E-state index in [1.165, 1.54) is 0 Å². The van der Waals surface area contributed by atoms with Gasteiger partial charge in [0.15, 0.2) is 12.2 Å². The topological polar surface area (TPSA) is 68.5 Å². The fraction of sp³-hybridized carbons (Fsp3) is 0.158. The van der Waals surface area contributed by atoms with Crippen LogP contribution in [0.1, 0.15) is 16.1 Å². The second kappa shape index (κ2) is 7.85. The van der Waals surface area contributed by atoms with Crippen LogP contribution in [0.4, 0.5) is 5.69 Å². The molecule has 2 aromatic carbocycles. The number of halogens is 1. The molecule has 3 aromatic rings. The lowest BCUT2D eigenvalue weighted by atomic mass is 10.1. The summed E-state index contributed by atoms with van der Waals surface area (Å²) in [5.41, 5.74) is 1.69. The number of carbonyl (C=O) groups is 2. The van der Waals surface area contributed by atoms with Gasteiger partial charge in [-0.15, -0.1) is 11.8 Å². The molecular formula is C19H16ClNO4S. The molecule has 5 nitrogen and oxygen atoms in total. The van der Waals surface area contributed by atoms with E-state index < -0.39 is 18.5 Å². The van der Waals surface area contributed by atoms with Crippen LogP contribution in [0.2, 0.25) is 5.02 Å². The van der Waals surface area contributed by atoms with E-state index in [4.69, 9.17) is 20.8 Å². The molecule has 1 heterocycles. The highest BCUT2D eigenvalue weighted by Gasteiger charge is 2.21. The fourth-order valence-corrected chi connectivity index (χ4v) is 3.09. The zero-order valence-corrected chi connectivity index (χ0v) is 15.7. The predicted octanol–water partition coefficient (Wildman–Crippen LogP) is 4.91. The van der Waals surface area contributed by atoms with Crippen LogP contribution in [0.15, 0.2) is 51.8 Å². The second-order valence-electron chi connectivity index (χ2n) is 5.53.